The van der Waals surface area contributed by atoms with Crippen molar-refractivity contribution >= 4 is 0 Å². The van der Waals surface area contributed by atoms with Crippen LogP contribution in [0.25, 0.3) is 5.69 Å². The molecule has 62 valence electrons. The quantitative estimate of drug-likeness (QED) is 0.644. The molecule has 0 atom stereocenters. The molecule has 0 saturated heterocycles. The summed E-state index contributed by atoms with van der Waals surface area (Å²) in [4.78, 5) is 0. The van der Waals surface area contributed by atoms with Crippen LogP contribution in [0, 0.1) is 11.3 Å². The van der Waals surface area contributed by atoms with E-state index in [-0.39, 0.29) is 0 Å². The summed E-state index contributed by atoms with van der Waals surface area (Å²) in [5.41, 5.74) is 1.28. The third kappa shape index (κ3) is 1.27. The van der Waals surface area contributed by atoms with E-state index < -0.39 is 0 Å². The fraction of sp³-hybridized carbons (Fsp3) is 0. The van der Waals surface area contributed by atoms with Gasteiger partial charge in [-0.25, -0.2) is 4.68 Å². The molecule has 0 unspecified atom stereocenters. The summed E-state index contributed by atoms with van der Waals surface area (Å²) in [6, 6.07) is 11.4. The number of benzene rings is 1. The molecule has 0 aliphatic rings. The minimum atomic E-state index is 0.436. The average molecular weight is 170 g/mol. The van der Waals surface area contributed by atoms with Gasteiger partial charge >= 0.3 is 0 Å². The lowest BCUT2D eigenvalue weighted by Crippen LogP contribution is -1.98. The standard InChI is InChI=1S/C9H6N4/c10-6-9-7-11-12-13(9)8-4-2-1-3-5-8/h1-5,7H. The number of aromatic nitrogens is 3. The predicted octanol–water partition coefficient (Wildman–Crippen LogP) is 1.14. The molecule has 4 heteroatoms. The lowest BCUT2D eigenvalue weighted by atomic mass is 10.3. The van der Waals surface area contributed by atoms with E-state index in [1.54, 1.807) is 0 Å². The summed E-state index contributed by atoms with van der Waals surface area (Å²) in [5, 5.41) is 16.2. The van der Waals surface area contributed by atoms with E-state index in [4.69, 9.17) is 5.26 Å². The Bertz CT molecular complexity index is 438. The van der Waals surface area contributed by atoms with Crippen molar-refractivity contribution in [3.8, 4) is 11.8 Å². The molecule has 13 heavy (non-hydrogen) atoms. The summed E-state index contributed by atoms with van der Waals surface area (Å²) in [5.74, 6) is 0. The highest BCUT2D eigenvalue weighted by Crippen LogP contribution is 2.06. The first-order chi connectivity index (χ1) is 6.42. The zero-order valence-electron chi connectivity index (χ0n) is 6.75. The maximum atomic E-state index is 8.72. The van der Waals surface area contributed by atoms with Crippen molar-refractivity contribution in [3.05, 3.63) is 42.2 Å². The molecule has 2 rings (SSSR count). The second-order valence-corrected chi connectivity index (χ2v) is 2.48. The molecule has 1 aromatic carbocycles. The molecule has 0 N–H and O–H groups in total. The lowest BCUT2D eigenvalue weighted by Gasteiger charge is -1.98. The van der Waals surface area contributed by atoms with Gasteiger partial charge in [0.1, 0.15) is 6.07 Å². The largest absolute Gasteiger partial charge is 0.203 e. The number of rotatable bonds is 1. The van der Waals surface area contributed by atoms with Crippen LogP contribution >= 0.6 is 0 Å². The van der Waals surface area contributed by atoms with Crippen LogP contribution in [0.15, 0.2) is 36.5 Å². The first kappa shape index (κ1) is 7.50. The average Bonchev–Trinajstić information content (AvgIpc) is 2.67. The highest BCUT2D eigenvalue weighted by Gasteiger charge is 2.02. The maximum Gasteiger partial charge on any atom is 0.164 e. The van der Waals surface area contributed by atoms with Gasteiger partial charge in [0.25, 0.3) is 0 Å². The summed E-state index contributed by atoms with van der Waals surface area (Å²) < 4.78 is 1.50. The van der Waals surface area contributed by atoms with Crippen LogP contribution in [-0.2, 0) is 0 Å². The van der Waals surface area contributed by atoms with E-state index in [2.05, 4.69) is 10.3 Å². The summed E-state index contributed by atoms with van der Waals surface area (Å²) in [6.07, 6.45) is 1.44. The number of nitrogens with zero attached hydrogens (tertiary/aromatic N) is 4. The van der Waals surface area contributed by atoms with Gasteiger partial charge in [0.05, 0.1) is 11.9 Å². The minimum absolute atomic E-state index is 0.436. The van der Waals surface area contributed by atoms with Crippen LogP contribution in [0.1, 0.15) is 5.69 Å². The van der Waals surface area contributed by atoms with Crippen molar-refractivity contribution in [2.75, 3.05) is 0 Å². The molecule has 0 amide bonds. The van der Waals surface area contributed by atoms with Crippen LogP contribution in [0.4, 0.5) is 0 Å². The first-order valence-electron chi connectivity index (χ1n) is 3.78. The van der Waals surface area contributed by atoms with Crippen LogP contribution in [0.2, 0.25) is 0 Å². The Labute approximate surface area is 75.0 Å². The van der Waals surface area contributed by atoms with Crippen LogP contribution in [0.3, 0.4) is 0 Å². The van der Waals surface area contributed by atoms with E-state index in [1.807, 2.05) is 36.4 Å². The van der Waals surface area contributed by atoms with Gasteiger partial charge in [0.15, 0.2) is 5.69 Å². The van der Waals surface area contributed by atoms with Gasteiger partial charge in [-0.1, -0.05) is 23.4 Å². The highest BCUT2D eigenvalue weighted by atomic mass is 15.4. The van der Waals surface area contributed by atoms with Gasteiger partial charge in [-0.15, -0.1) is 5.10 Å². The van der Waals surface area contributed by atoms with Gasteiger partial charge in [0, 0.05) is 0 Å². The van der Waals surface area contributed by atoms with E-state index >= 15 is 0 Å². The van der Waals surface area contributed by atoms with Gasteiger partial charge in [0.2, 0.25) is 0 Å². The summed E-state index contributed by atoms with van der Waals surface area (Å²) >= 11 is 0. The molecule has 0 bridgehead atoms. The Kier molecular flexibility index (Phi) is 1.77. The molecule has 2 aromatic rings. The zero-order chi connectivity index (χ0) is 9.10. The molecule has 0 aliphatic carbocycles. The third-order valence-electron chi connectivity index (χ3n) is 1.66. The van der Waals surface area contributed by atoms with E-state index in [9.17, 15) is 0 Å². The predicted molar refractivity (Wildman–Crippen MR) is 46.1 cm³/mol. The normalized spacial score (nSPS) is 9.46. The minimum Gasteiger partial charge on any atom is -0.203 e. The lowest BCUT2D eigenvalue weighted by molar-refractivity contribution is 0.796. The van der Waals surface area contributed by atoms with Crippen LogP contribution < -0.4 is 0 Å². The van der Waals surface area contributed by atoms with Crippen LogP contribution in [-0.4, -0.2) is 15.0 Å². The van der Waals surface area contributed by atoms with Gasteiger partial charge in [-0.05, 0) is 12.1 Å². The fourth-order valence-corrected chi connectivity index (χ4v) is 1.07. The number of para-hydroxylation sites is 1. The Hall–Kier alpha value is -2.15. The van der Waals surface area contributed by atoms with E-state index in [1.165, 1.54) is 10.9 Å². The Balaban J connectivity index is 2.54. The fourth-order valence-electron chi connectivity index (χ4n) is 1.07. The van der Waals surface area contributed by atoms with Crippen LogP contribution in [0.5, 0.6) is 0 Å². The Morgan fingerprint density at radius 2 is 2.00 bits per heavy atom. The van der Waals surface area contributed by atoms with Crippen molar-refractivity contribution in [2.24, 2.45) is 0 Å². The second kappa shape index (κ2) is 3.07. The van der Waals surface area contributed by atoms with Gasteiger partial charge in [-0.3, -0.25) is 0 Å². The van der Waals surface area contributed by atoms with Crippen molar-refractivity contribution in [3.63, 3.8) is 0 Å². The molecule has 0 spiro atoms. The maximum absolute atomic E-state index is 8.72. The summed E-state index contributed by atoms with van der Waals surface area (Å²) in [7, 11) is 0. The molecule has 0 saturated carbocycles. The Morgan fingerprint density at radius 3 is 2.69 bits per heavy atom. The molecular formula is C9H6N4. The number of hydrogen-bond acceptors (Lipinski definition) is 3. The number of nitriles is 1. The number of hydrogen-bond donors (Lipinski definition) is 0. The van der Waals surface area contributed by atoms with Crippen molar-refractivity contribution in [1.29, 1.82) is 5.26 Å². The monoisotopic (exact) mass is 170 g/mol. The molecule has 4 nitrogen and oxygen atoms in total. The zero-order valence-corrected chi connectivity index (χ0v) is 6.75. The molecule has 1 heterocycles. The smallest absolute Gasteiger partial charge is 0.164 e. The van der Waals surface area contributed by atoms with Gasteiger partial charge < -0.3 is 0 Å². The van der Waals surface area contributed by atoms with E-state index in [0.29, 0.717) is 5.69 Å². The molecule has 0 radical (unpaired) electrons. The second-order valence-electron chi connectivity index (χ2n) is 2.48. The first-order valence-corrected chi connectivity index (χ1v) is 3.78. The highest BCUT2D eigenvalue weighted by molar-refractivity contribution is 5.34. The third-order valence-corrected chi connectivity index (χ3v) is 1.66. The molecule has 0 fully saturated rings. The molecule has 0 aliphatic heterocycles. The topological polar surface area (TPSA) is 54.5 Å². The SMILES string of the molecule is N#Cc1cnnn1-c1ccccc1. The molecular weight excluding hydrogens is 164 g/mol. The van der Waals surface area contributed by atoms with Crippen molar-refractivity contribution < 1.29 is 0 Å². The molecule has 1 aromatic heterocycles. The van der Waals surface area contributed by atoms with E-state index in [0.717, 1.165) is 5.69 Å². The van der Waals surface area contributed by atoms with Crippen molar-refractivity contribution in [1.82, 2.24) is 15.0 Å². The Morgan fingerprint density at radius 1 is 1.23 bits per heavy atom. The van der Waals surface area contributed by atoms with Crippen molar-refractivity contribution in [2.45, 2.75) is 0 Å². The van der Waals surface area contributed by atoms with Gasteiger partial charge in [-0.2, -0.15) is 5.26 Å². The summed E-state index contributed by atoms with van der Waals surface area (Å²) in [6.45, 7) is 0.